The first kappa shape index (κ1) is 22.1. The Kier molecular flexibility index (Phi) is 8.20. The van der Waals surface area contributed by atoms with Gasteiger partial charge in [0.15, 0.2) is 6.61 Å². The molecule has 0 aliphatic heterocycles. The normalized spacial score (nSPS) is 10.4. The summed E-state index contributed by atoms with van der Waals surface area (Å²) in [6.45, 7) is 1.16. The van der Waals surface area contributed by atoms with Gasteiger partial charge < -0.3 is 19.7 Å². The molecule has 0 aromatic heterocycles. The number of anilines is 1. The quantitative estimate of drug-likeness (QED) is 0.541. The van der Waals surface area contributed by atoms with E-state index in [2.05, 4.69) is 5.32 Å². The Morgan fingerprint density at radius 3 is 2.23 bits per heavy atom. The first-order chi connectivity index (χ1) is 15.2. The zero-order chi connectivity index (χ0) is 21.9. The van der Waals surface area contributed by atoms with Crippen LogP contribution in [0.5, 0.6) is 5.75 Å². The molecule has 31 heavy (non-hydrogen) atoms. The number of ether oxygens (including phenoxy) is 2. The van der Waals surface area contributed by atoms with Crippen molar-refractivity contribution < 1.29 is 19.1 Å². The second-order valence-electron chi connectivity index (χ2n) is 6.90. The van der Waals surface area contributed by atoms with Crippen LogP contribution in [-0.4, -0.2) is 43.6 Å². The summed E-state index contributed by atoms with van der Waals surface area (Å²) >= 11 is 0. The van der Waals surface area contributed by atoms with Gasteiger partial charge >= 0.3 is 0 Å². The summed E-state index contributed by atoms with van der Waals surface area (Å²) < 4.78 is 10.9. The number of para-hydroxylation sites is 2. The molecule has 0 atom stereocenters. The van der Waals surface area contributed by atoms with Crippen LogP contribution in [0.3, 0.4) is 0 Å². The topological polar surface area (TPSA) is 67.9 Å². The van der Waals surface area contributed by atoms with Gasteiger partial charge in [0, 0.05) is 25.9 Å². The number of carbonyl (C=O) groups is 2. The highest BCUT2D eigenvalue weighted by Gasteiger charge is 2.17. The first-order valence-corrected chi connectivity index (χ1v) is 10.1. The van der Waals surface area contributed by atoms with Crippen molar-refractivity contribution in [2.24, 2.45) is 0 Å². The molecule has 0 fully saturated rings. The van der Waals surface area contributed by atoms with E-state index in [1.54, 1.807) is 36.3 Å². The first-order valence-electron chi connectivity index (χ1n) is 10.1. The van der Waals surface area contributed by atoms with Crippen molar-refractivity contribution >= 4 is 17.5 Å². The molecule has 0 aliphatic carbocycles. The largest absolute Gasteiger partial charge is 0.483 e. The van der Waals surface area contributed by atoms with E-state index in [-0.39, 0.29) is 18.4 Å². The number of nitrogens with zero attached hydrogens (tertiary/aromatic N) is 1. The number of hydrogen-bond donors (Lipinski definition) is 1. The number of methoxy groups -OCH3 is 1. The van der Waals surface area contributed by atoms with Gasteiger partial charge in [-0.05, 0) is 29.8 Å². The molecule has 0 heterocycles. The monoisotopic (exact) mass is 418 g/mol. The van der Waals surface area contributed by atoms with Gasteiger partial charge in [-0.3, -0.25) is 9.59 Å². The molecule has 3 aromatic rings. The van der Waals surface area contributed by atoms with Crippen LogP contribution < -0.4 is 10.1 Å². The SMILES string of the molecule is COCCN(Cc1ccccc1)C(=O)COc1ccccc1C(=O)Nc1ccccc1. The highest BCUT2D eigenvalue weighted by molar-refractivity contribution is 6.06. The van der Waals surface area contributed by atoms with Gasteiger partial charge in [-0.1, -0.05) is 60.7 Å². The van der Waals surface area contributed by atoms with Gasteiger partial charge in [-0.2, -0.15) is 0 Å². The predicted molar refractivity (Wildman–Crippen MR) is 120 cm³/mol. The highest BCUT2D eigenvalue weighted by atomic mass is 16.5. The molecule has 0 saturated carbocycles. The summed E-state index contributed by atoms with van der Waals surface area (Å²) in [5, 5.41) is 2.84. The third kappa shape index (κ3) is 6.69. The van der Waals surface area contributed by atoms with Crippen LogP contribution >= 0.6 is 0 Å². The van der Waals surface area contributed by atoms with Crippen molar-refractivity contribution in [3.63, 3.8) is 0 Å². The van der Waals surface area contributed by atoms with Crippen LogP contribution in [-0.2, 0) is 16.1 Å². The van der Waals surface area contributed by atoms with Gasteiger partial charge in [0.2, 0.25) is 0 Å². The van der Waals surface area contributed by atoms with Gasteiger partial charge in [0.05, 0.1) is 12.2 Å². The molecule has 160 valence electrons. The Morgan fingerprint density at radius 1 is 0.871 bits per heavy atom. The van der Waals surface area contributed by atoms with E-state index in [9.17, 15) is 9.59 Å². The summed E-state index contributed by atoms with van der Waals surface area (Å²) in [5.41, 5.74) is 2.08. The third-order valence-corrected chi connectivity index (χ3v) is 4.65. The van der Waals surface area contributed by atoms with E-state index in [4.69, 9.17) is 9.47 Å². The van der Waals surface area contributed by atoms with E-state index < -0.39 is 0 Å². The van der Waals surface area contributed by atoms with Crippen molar-refractivity contribution in [2.45, 2.75) is 6.54 Å². The second-order valence-corrected chi connectivity index (χ2v) is 6.90. The van der Waals surface area contributed by atoms with Gasteiger partial charge in [0.1, 0.15) is 5.75 Å². The average molecular weight is 418 g/mol. The maximum absolute atomic E-state index is 12.8. The molecule has 0 unspecified atom stereocenters. The van der Waals surface area contributed by atoms with Crippen LogP contribution in [0, 0.1) is 0 Å². The average Bonchev–Trinajstić information content (AvgIpc) is 2.81. The van der Waals surface area contributed by atoms with Gasteiger partial charge in [0.25, 0.3) is 11.8 Å². The smallest absolute Gasteiger partial charge is 0.260 e. The molecule has 3 rings (SSSR count). The lowest BCUT2D eigenvalue weighted by Crippen LogP contribution is -2.37. The summed E-state index contributed by atoms with van der Waals surface area (Å²) in [4.78, 5) is 27.2. The number of nitrogens with one attached hydrogen (secondary N) is 1. The summed E-state index contributed by atoms with van der Waals surface area (Å²) in [6.07, 6.45) is 0. The Labute approximate surface area is 182 Å². The lowest BCUT2D eigenvalue weighted by Gasteiger charge is -2.23. The molecule has 1 N–H and O–H groups in total. The molecule has 0 radical (unpaired) electrons. The van der Waals surface area contributed by atoms with Crippen molar-refractivity contribution in [3.05, 3.63) is 96.1 Å². The lowest BCUT2D eigenvalue weighted by atomic mass is 10.2. The standard InChI is InChI=1S/C25H26N2O4/c1-30-17-16-27(18-20-10-4-2-5-11-20)24(28)19-31-23-15-9-8-14-22(23)25(29)26-21-12-6-3-7-13-21/h2-15H,16-19H2,1H3,(H,26,29). The molecular formula is C25H26N2O4. The highest BCUT2D eigenvalue weighted by Crippen LogP contribution is 2.20. The maximum atomic E-state index is 12.8. The Bertz CT molecular complexity index is 977. The van der Waals surface area contributed by atoms with E-state index in [0.717, 1.165) is 5.56 Å². The minimum atomic E-state index is -0.297. The van der Waals surface area contributed by atoms with Crippen LogP contribution in [0.25, 0.3) is 0 Å². The number of amides is 2. The van der Waals surface area contributed by atoms with Crippen molar-refractivity contribution in [3.8, 4) is 5.75 Å². The van der Waals surface area contributed by atoms with E-state index in [1.807, 2.05) is 60.7 Å². The fourth-order valence-corrected chi connectivity index (χ4v) is 3.03. The summed E-state index contributed by atoms with van der Waals surface area (Å²) in [7, 11) is 1.60. The number of hydrogen-bond acceptors (Lipinski definition) is 4. The van der Waals surface area contributed by atoms with Crippen molar-refractivity contribution in [1.29, 1.82) is 0 Å². The molecule has 0 saturated heterocycles. The van der Waals surface area contributed by atoms with Gasteiger partial charge in [-0.15, -0.1) is 0 Å². The molecule has 3 aromatic carbocycles. The van der Waals surface area contributed by atoms with Crippen LogP contribution in [0.2, 0.25) is 0 Å². The van der Waals surface area contributed by atoms with Crippen LogP contribution in [0.4, 0.5) is 5.69 Å². The summed E-state index contributed by atoms with van der Waals surface area (Å²) in [5.74, 6) is -0.121. The third-order valence-electron chi connectivity index (χ3n) is 4.65. The fraction of sp³-hybridized carbons (Fsp3) is 0.200. The molecule has 2 amide bonds. The zero-order valence-corrected chi connectivity index (χ0v) is 17.5. The second kappa shape index (κ2) is 11.5. The Hall–Kier alpha value is -3.64. The molecule has 0 bridgehead atoms. The van der Waals surface area contributed by atoms with E-state index >= 15 is 0 Å². The van der Waals surface area contributed by atoms with Crippen molar-refractivity contribution in [1.82, 2.24) is 4.90 Å². The van der Waals surface area contributed by atoms with Crippen LogP contribution in [0.1, 0.15) is 15.9 Å². The van der Waals surface area contributed by atoms with E-state index in [1.165, 1.54) is 0 Å². The van der Waals surface area contributed by atoms with E-state index in [0.29, 0.717) is 36.7 Å². The fourth-order valence-electron chi connectivity index (χ4n) is 3.03. The number of rotatable bonds is 10. The Morgan fingerprint density at radius 2 is 1.52 bits per heavy atom. The zero-order valence-electron chi connectivity index (χ0n) is 17.5. The molecule has 0 spiro atoms. The lowest BCUT2D eigenvalue weighted by molar-refractivity contribution is -0.134. The molecule has 0 aliphatic rings. The minimum absolute atomic E-state index is 0.174. The number of carbonyl (C=O) groups excluding carboxylic acids is 2. The predicted octanol–water partition coefficient (Wildman–Crippen LogP) is 3.99. The molecule has 6 heteroatoms. The van der Waals surface area contributed by atoms with Crippen molar-refractivity contribution in [2.75, 3.05) is 32.2 Å². The maximum Gasteiger partial charge on any atom is 0.260 e. The molecular weight excluding hydrogens is 392 g/mol. The van der Waals surface area contributed by atoms with Crippen LogP contribution in [0.15, 0.2) is 84.9 Å². The van der Waals surface area contributed by atoms with Gasteiger partial charge in [-0.25, -0.2) is 0 Å². The minimum Gasteiger partial charge on any atom is -0.483 e. The molecule has 6 nitrogen and oxygen atoms in total. The Balaban J connectivity index is 1.66. The summed E-state index contributed by atoms with van der Waals surface area (Å²) in [6, 6.07) is 25.8. The number of benzene rings is 3.